The van der Waals surface area contributed by atoms with Crippen molar-refractivity contribution in [3.05, 3.63) is 0 Å². The number of hydrogen-bond acceptors (Lipinski definition) is 6. The van der Waals surface area contributed by atoms with Crippen molar-refractivity contribution in [2.75, 3.05) is 21.3 Å². The average Bonchev–Trinajstić information content (AvgIpc) is 2.44. The molecule has 0 bridgehead atoms. The van der Waals surface area contributed by atoms with Crippen LogP contribution in [-0.2, 0) is 28.6 Å². The van der Waals surface area contributed by atoms with E-state index >= 15 is 0 Å². The second kappa shape index (κ2) is 11.1. The van der Waals surface area contributed by atoms with E-state index in [1.165, 1.54) is 21.3 Å². The molecule has 0 saturated carbocycles. The van der Waals surface area contributed by atoms with Gasteiger partial charge in [0.2, 0.25) is 0 Å². The molecule has 0 aliphatic heterocycles. The molecule has 0 N–H and O–H groups in total. The third-order valence-corrected chi connectivity index (χ3v) is 12.4. The summed E-state index contributed by atoms with van der Waals surface area (Å²) in [5.41, 5.74) is 0. The number of esters is 3. The molecule has 0 unspecified atom stereocenters. The first-order valence-electron chi connectivity index (χ1n) is 6.23. The van der Waals surface area contributed by atoms with Gasteiger partial charge in [-0.15, -0.1) is 0 Å². The van der Waals surface area contributed by atoms with Gasteiger partial charge in [0.25, 0.3) is 0 Å². The van der Waals surface area contributed by atoms with Gasteiger partial charge in [-0.3, -0.25) is 0 Å². The van der Waals surface area contributed by atoms with Crippen LogP contribution in [-0.4, -0.2) is 59.0 Å². The summed E-state index contributed by atoms with van der Waals surface area (Å²) in [5, 5.41) is 0. The normalized spacial score (nSPS) is 10.1. The standard InChI is InChI=1S/3C4H7O2.Sn.H/c3*1-3-4(5)6-2;;/h3*1,3H2,2H3;;. The predicted octanol–water partition coefficient (Wildman–Crippen LogP) is 0.903. The number of rotatable bonds is 9. The molecule has 0 atom stereocenters. The molecule has 0 saturated heterocycles. The molecule has 0 aliphatic rings. The number of ether oxygens (including phenoxy) is 3. The van der Waals surface area contributed by atoms with Crippen LogP contribution in [0.15, 0.2) is 0 Å². The minimum absolute atomic E-state index is 0.238. The molecule has 0 rings (SSSR count). The molecule has 0 aromatic heterocycles. The molecule has 0 aliphatic carbocycles. The third-order valence-electron chi connectivity index (χ3n) is 2.95. The Morgan fingerprint density at radius 2 is 0.947 bits per heavy atom. The number of methoxy groups -OCH3 is 3. The first-order valence-corrected chi connectivity index (χ1v) is 13.2. The zero-order valence-corrected chi connectivity index (χ0v) is 15.1. The van der Waals surface area contributed by atoms with Crippen molar-refractivity contribution >= 4 is 37.7 Å². The third kappa shape index (κ3) is 9.75. The number of carbonyl (C=O) groups excluding carboxylic acids is 3. The SMILES string of the molecule is COC(=O)C[CH2][SnH]([CH2]CC(=O)OC)[CH2]CC(=O)OC. The van der Waals surface area contributed by atoms with Crippen LogP contribution < -0.4 is 0 Å². The molecule has 19 heavy (non-hydrogen) atoms. The van der Waals surface area contributed by atoms with Crippen molar-refractivity contribution in [1.82, 2.24) is 0 Å². The first kappa shape index (κ1) is 18.2. The molecule has 0 spiro atoms. The first-order chi connectivity index (χ1) is 9.03. The van der Waals surface area contributed by atoms with E-state index in [4.69, 9.17) is 0 Å². The Balaban J connectivity index is 4.16. The van der Waals surface area contributed by atoms with Crippen LogP contribution in [0, 0.1) is 0 Å². The molecular weight excluding hydrogens is 359 g/mol. The van der Waals surface area contributed by atoms with Gasteiger partial charge in [-0.25, -0.2) is 0 Å². The Morgan fingerprint density at radius 1 is 0.684 bits per heavy atom. The zero-order valence-electron chi connectivity index (χ0n) is 11.8. The Morgan fingerprint density at radius 3 is 1.16 bits per heavy atom. The second-order valence-electron chi connectivity index (χ2n) is 4.21. The predicted molar refractivity (Wildman–Crippen MR) is 71.5 cm³/mol. The van der Waals surface area contributed by atoms with Gasteiger partial charge in [-0.1, -0.05) is 0 Å². The van der Waals surface area contributed by atoms with Crippen LogP contribution in [0.5, 0.6) is 0 Å². The minimum atomic E-state index is -2.08. The van der Waals surface area contributed by atoms with Gasteiger partial charge < -0.3 is 0 Å². The van der Waals surface area contributed by atoms with Gasteiger partial charge in [-0.05, 0) is 0 Å². The van der Waals surface area contributed by atoms with E-state index in [9.17, 15) is 14.4 Å². The van der Waals surface area contributed by atoms with Crippen LogP contribution >= 0.6 is 0 Å². The van der Waals surface area contributed by atoms with Crippen LogP contribution in [0.2, 0.25) is 13.3 Å². The molecular formula is C12H22O6Sn. The maximum atomic E-state index is 11.1. The van der Waals surface area contributed by atoms with E-state index in [-0.39, 0.29) is 17.9 Å². The fourth-order valence-corrected chi connectivity index (χ4v) is 9.69. The van der Waals surface area contributed by atoms with E-state index in [2.05, 4.69) is 14.2 Å². The van der Waals surface area contributed by atoms with E-state index in [0.29, 0.717) is 19.3 Å². The Bertz CT molecular complexity index is 257. The van der Waals surface area contributed by atoms with E-state index in [0.717, 1.165) is 13.3 Å². The molecule has 0 aromatic rings. The molecule has 110 valence electrons. The van der Waals surface area contributed by atoms with Gasteiger partial charge >= 0.3 is 120 Å². The summed E-state index contributed by atoms with van der Waals surface area (Å²) < 4.78 is 16.2. The van der Waals surface area contributed by atoms with E-state index in [1.807, 2.05) is 0 Å². The van der Waals surface area contributed by atoms with Crippen LogP contribution in [0.25, 0.3) is 0 Å². The molecule has 7 heteroatoms. The maximum absolute atomic E-state index is 11.1. The van der Waals surface area contributed by atoms with Crippen LogP contribution in [0.4, 0.5) is 0 Å². The fraction of sp³-hybridized carbons (Fsp3) is 0.750. The quantitative estimate of drug-likeness (QED) is 0.336. The molecule has 0 aromatic carbocycles. The van der Waals surface area contributed by atoms with E-state index in [1.54, 1.807) is 0 Å². The Labute approximate surface area is 120 Å². The van der Waals surface area contributed by atoms with Crippen molar-refractivity contribution in [3.8, 4) is 0 Å². The summed E-state index contributed by atoms with van der Waals surface area (Å²) in [5.74, 6) is -0.714. The second-order valence-corrected chi connectivity index (χ2v) is 14.1. The van der Waals surface area contributed by atoms with Gasteiger partial charge in [0.05, 0.1) is 0 Å². The monoisotopic (exact) mass is 382 g/mol. The molecule has 6 nitrogen and oxygen atoms in total. The average molecular weight is 381 g/mol. The van der Waals surface area contributed by atoms with Crippen molar-refractivity contribution in [3.63, 3.8) is 0 Å². The van der Waals surface area contributed by atoms with Gasteiger partial charge in [0, 0.05) is 0 Å². The Kier molecular flexibility index (Phi) is 10.6. The van der Waals surface area contributed by atoms with Crippen LogP contribution in [0.1, 0.15) is 19.3 Å². The summed E-state index contributed by atoms with van der Waals surface area (Å²) in [6.45, 7) is 0. The van der Waals surface area contributed by atoms with Crippen molar-refractivity contribution in [1.29, 1.82) is 0 Å². The molecule has 0 fully saturated rings. The van der Waals surface area contributed by atoms with E-state index < -0.39 is 19.8 Å². The topological polar surface area (TPSA) is 78.9 Å². The van der Waals surface area contributed by atoms with Gasteiger partial charge in [0.15, 0.2) is 0 Å². The fourth-order valence-electron chi connectivity index (χ4n) is 1.71. The molecule has 0 amide bonds. The van der Waals surface area contributed by atoms with Crippen molar-refractivity contribution in [2.45, 2.75) is 32.6 Å². The molecule has 0 radical (unpaired) electrons. The zero-order chi connectivity index (χ0) is 14.7. The summed E-state index contributed by atoms with van der Waals surface area (Å²) in [4.78, 5) is 33.4. The summed E-state index contributed by atoms with van der Waals surface area (Å²) in [6, 6.07) is 0. The number of carbonyl (C=O) groups is 3. The summed E-state index contributed by atoms with van der Waals surface area (Å²) in [6.07, 6.45) is 1.12. The summed E-state index contributed by atoms with van der Waals surface area (Å²) in [7, 11) is 4.07. The summed E-state index contributed by atoms with van der Waals surface area (Å²) >= 11 is -2.08. The number of hydrogen-bond donors (Lipinski definition) is 0. The van der Waals surface area contributed by atoms with Crippen LogP contribution in [0.3, 0.4) is 0 Å². The van der Waals surface area contributed by atoms with Crippen molar-refractivity contribution < 1.29 is 28.6 Å². The Hall–Kier alpha value is -0.791. The van der Waals surface area contributed by atoms with Crippen molar-refractivity contribution in [2.24, 2.45) is 0 Å². The van der Waals surface area contributed by atoms with Gasteiger partial charge in [0.1, 0.15) is 0 Å². The van der Waals surface area contributed by atoms with Gasteiger partial charge in [-0.2, -0.15) is 0 Å². The molecule has 0 heterocycles.